The average Bonchev–Trinajstić information content (AvgIpc) is 2.39. The lowest BCUT2D eigenvalue weighted by Crippen LogP contribution is -2.15. The molecule has 2 aromatic rings. The highest BCUT2D eigenvalue weighted by Gasteiger charge is 2.10. The number of benzene rings is 1. The standard InChI is InChI=1S/C14H14FN3S/c1-9(10-3-2-4-11(15)7-10)18-13-8-17-6-5-12(13)14(16)19/h2-9,18H,1H3,(H2,16,19). The molecule has 2 rings (SSSR count). The summed E-state index contributed by atoms with van der Waals surface area (Å²) in [5.74, 6) is -0.257. The SMILES string of the molecule is CC(Nc1cnccc1C(N)=S)c1cccc(F)c1. The van der Waals surface area contributed by atoms with Crippen molar-refractivity contribution in [3.63, 3.8) is 0 Å². The van der Waals surface area contributed by atoms with E-state index in [0.717, 1.165) is 16.8 Å². The maximum Gasteiger partial charge on any atom is 0.123 e. The van der Waals surface area contributed by atoms with Crippen LogP contribution in [0.4, 0.5) is 10.1 Å². The van der Waals surface area contributed by atoms with Gasteiger partial charge >= 0.3 is 0 Å². The van der Waals surface area contributed by atoms with E-state index in [1.807, 2.05) is 13.0 Å². The fraction of sp³-hybridized carbons (Fsp3) is 0.143. The van der Waals surface area contributed by atoms with E-state index in [2.05, 4.69) is 10.3 Å². The van der Waals surface area contributed by atoms with Crippen molar-refractivity contribution in [2.75, 3.05) is 5.32 Å². The number of hydrogen-bond acceptors (Lipinski definition) is 3. The Morgan fingerprint density at radius 1 is 1.42 bits per heavy atom. The second kappa shape index (κ2) is 5.75. The summed E-state index contributed by atoms with van der Waals surface area (Å²) in [5, 5.41) is 3.24. The minimum Gasteiger partial charge on any atom is -0.389 e. The first-order chi connectivity index (χ1) is 9.08. The Morgan fingerprint density at radius 2 is 2.21 bits per heavy atom. The number of rotatable bonds is 4. The van der Waals surface area contributed by atoms with Gasteiger partial charge in [0.25, 0.3) is 0 Å². The van der Waals surface area contributed by atoms with Crippen LogP contribution in [0, 0.1) is 5.82 Å². The van der Waals surface area contributed by atoms with Crippen molar-refractivity contribution in [2.45, 2.75) is 13.0 Å². The van der Waals surface area contributed by atoms with Gasteiger partial charge < -0.3 is 11.1 Å². The van der Waals surface area contributed by atoms with Gasteiger partial charge in [0.1, 0.15) is 10.8 Å². The fourth-order valence-corrected chi connectivity index (χ4v) is 1.99. The summed E-state index contributed by atoms with van der Waals surface area (Å²) >= 11 is 4.99. The highest BCUT2D eigenvalue weighted by Crippen LogP contribution is 2.22. The largest absolute Gasteiger partial charge is 0.389 e. The first kappa shape index (κ1) is 13.4. The van der Waals surface area contributed by atoms with E-state index < -0.39 is 0 Å². The zero-order valence-corrected chi connectivity index (χ0v) is 11.2. The Morgan fingerprint density at radius 3 is 2.89 bits per heavy atom. The molecule has 3 nitrogen and oxygen atoms in total. The lowest BCUT2D eigenvalue weighted by atomic mass is 10.1. The number of nitrogens with one attached hydrogen (secondary N) is 1. The van der Waals surface area contributed by atoms with Crippen molar-refractivity contribution < 1.29 is 4.39 Å². The molecule has 0 bridgehead atoms. The Labute approximate surface area is 116 Å². The minimum atomic E-state index is -0.257. The number of nitrogens with zero attached hydrogens (tertiary/aromatic N) is 1. The molecular formula is C14H14FN3S. The summed E-state index contributed by atoms with van der Waals surface area (Å²) in [5.41, 5.74) is 7.97. The van der Waals surface area contributed by atoms with Crippen LogP contribution < -0.4 is 11.1 Å². The van der Waals surface area contributed by atoms with Crippen LogP contribution in [0.3, 0.4) is 0 Å². The second-order valence-corrected chi connectivity index (χ2v) is 4.65. The Hall–Kier alpha value is -2.01. The summed E-state index contributed by atoms with van der Waals surface area (Å²) in [6.07, 6.45) is 3.29. The number of nitrogens with two attached hydrogens (primary N) is 1. The van der Waals surface area contributed by atoms with Gasteiger partial charge in [0.2, 0.25) is 0 Å². The molecule has 98 valence electrons. The molecule has 0 radical (unpaired) electrons. The van der Waals surface area contributed by atoms with Crippen LogP contribution in [0.15, 0.2) is 42.7 Å². The van der Waals surface area contributed by atoms with Gasteiger partial charge in [0, 0.05) is 17.8 Å². The summed E-state index contributed by atoms with van der Waals surface area (Å²) < 4.78 is 13.2. The van der Waals surface area contributed by atoms with Crippen molar-refractivity contribution in [1.82, 2.24) is 4.98 Å². The number of thiocarbonyl (C=S) groups is 1. The smallest absolute Gasteiger partial charge is 0.123 e. The second-order valence-electron chi connectivity index (χ2n) is 4.21. The average molecular weight is 275 g/mol. The van der Waals surface area contributed by atoms with E-state index >= 15 is 0 Å². The van der Waals surface area contributed by atoms with Gasteiger partial charge in [-0.25, -0.2) is 4.39 Å². The number of anilines is 1. The normalized spacial score (nSPS) is 11.9. The molecule has 1 heterocycles. The summed E-state index contributed by atoms with van der Waals surface area (Å²) in [6, 6.07) is 8.13. The molecule has 1 unspecified atom stereocenters. The third-order valence-electron chi connectivity index (χ3n) is 2.81. The molecular weight excluding hydrogens is 261 g/mol. The molecule has 0 saturated carbocycles. The molecule has 19 heavy (non-hydrogen) atoms. The van der Waals surface area contributed by atoms with Crippen molar-refractivity contribution in [3.8, 4) is 0 Å². The highest BCUT2D eigenvalue weighted by molar-refractivity contribution is 7.80. The van der Waals surface area contributed by atoms with Gasteiger partial charge in [-0.1, -0.05) is 24.4 Å². The lowest BCUT2D eigenvalue weighted by Gasteiger charge is -2.17. The molecule has 0 saturated heterocycles. The van der Waals surface area contributed by atoms with Gasteiger partial charge in [0.15, 0.2) is 0 Å². The first-order valence-corrected chi connectivity index (χ1v) is 6.24. The zero-order chi connectivity index (χ0) is 13.8. The van der Waals surface area contributed by atoms with Gasteiger partial charge in [-0.2, -0.15) is 0 Å². The molecule has 0 fully saturated rings. The zero-order valence-electron chi connectivity index (χ0n) is 10.4. The molecule has 1 aromatic heterocycles. The third kappa shape index (κ3) is 3.26. The Kier molecular flexibility index (Phi) is 4.06. The minimum absolute atomic E-state index is 0.0759. The van der Waals surface area contributed by atoms with E-state index in [9.17, 15) is 4.39 Å². The van der Waals surface area contributed by atoms with E-state index in [-0.39, 0.29) is 11.9 Å². The van der Waals surface area contributed by atoms with Crippen molar-refractivity contribution in [3.05, 3.63) is 59.7 Å². The summed E-state index contributed by atoms with van der Waals surface area (Å²) in [7, 11) is 0. The van der Waals surface area contributed by atoms with Crippen LogP contribution in [-0.2, 0) is 0 Å². The summed E-state index contributed by atoms with van der Waals surface area (Å²) in [6.45, 7) is 1.94. The monoisotopic (exact) mass is 275 g/mol. The molecule has 0 spiro atoms. The quantitative estimate of drug-likeness (QED) is 0.842. The molecule has 0 amide bonds. The maximum absolute atomic E-state index is 13.2. The number of aromatic nitrogens is 1. The van der Waals surface area contributed by atoms with Crippen LogP contribution in [0.5, 0.6) is 0 Å². The van der Waals surface area contributed by atoms with E-state index in [1.165, 1.54) is 12.1 Å². The molecule has 5 heteroatoms. The number of pyridine rings is 1. The van der Waals surface area contributed by atoms with Crippen LogP contribution in [0.25, 0.3) is 0 Å². The summed E-state index contributed by atoms with van der Waals surface area (Å²) in [4.78, 5) is 4.34. The molecule has 1 aromatic carbocycles. The predicted molar refractivity (Wildman–Crippen MR) is 78.6 cm³/mol. The first-order valence-electron chi connectivity index (χ1n) is 5.83. The number of hydrogen-bond donors (Lipinski definition) is 2. The van der Waals surface area contributed by atoms with Crippen LogP contribution in [0.2, 0.25) is 0 Å². The molecule has 0 aliphatic heterocycles. The fourth-order valence-electron chi connectivity index (χ4n) is 1.82. The molecule has 1 atom stereocenters. The highest BCUT2D eigenvalue weighted by atomic mass is 32.1. The Bertz CT molecular complexity index is 601. The van der Waals surface area contributed by atoms with Crippen LogP contribution >= 0.6 is 12.2 Å². The van der Waals surface area contributed by atoms with Crippen molar-refractivity contribution in [1.29, 1.82) is 0 Å². The van der Waals surface area contributed by atoms with Crippen LogP contribution in [0.1, 0.15) is 24.1 Å². The van der Waals surface area contributed by atoms with Gasteiger partial charge in [0.05, 0.1) is 11.9 Å². The Balaban J connectivity index is 2.24. The van der Waals surface area contributed by atoms with E-state index in [1.54, 1.807) is 24.5 Å². The molecule has 3 N–H and O–H groups in total. The number of halogens is 1. The van der Waals surface area contributed by atoms with Gasteiger partial charge in [-0.05, 0) is 30.7 Å². The van der Waals surface area contributed by atoms with Crippen molar-refractivity contribution >= 4 is 22.9 Å². The van der Waals surface area contributed by atoms with Crippen LogP contribution in [-0.4, -0.2) is 9.97 Å². The topological polar surface area (TPSA) is 50.9 Å². The van der Waals surface area contributed by atoms with Gasteiger partial charge in [-0.3, -0.25) is 4.98 Å². The molecule has 0 aliphatic carbocycles. The third-order valence-corrected chi connectivity index (χ3v) is 3.03. The predicted octanol–water partition coefficient (Wildman–Crippen LogP) is 3.03. The van der Waals surface area contributed by atoms with Gasteiger partial charge in [-0.15, -0.1) is 0 Å². The van der Waals surface area contributed by atoms with E-state index in [0.29, 0.717) is 4.99 Å². The van der Waals surface area contributed by atoms with Crippen molar-refractivity contribution in [2.24, 2.45) is 5.73 Å². The molecule has 0 aliphatic rings. The maximum atomic E-state index is 13.2. The lowest BCUT2D eigenvalue weighted by molar-refractivity contribution is 0.623. The van der Waals surface area contributed by atoms with E-state index in [4.69, 9.17) is 18.0 Å².